The molecule has 0 atom stereocenters. The van der Waals surface area contributed by atoms with Crippen molar-refractivity contribution in [3.63, 3.8) is 0 Å². The molecule has 6 rings (SSSR count). The van der Waals surface area contributed by atoms with E-state index in [-0.39, 0.29) is 29.1 Å². The highest BCUT2D eigenvalue weighted by Crippen LogP contribution is 2.58. The maximum Gasteiger partial charge on any atom is 0.266 e. The minimum Gasteiger partial charge on any atom is -0.479 e. The summed E-state index contributed by atoms with van der Waals surface area (Å²) in [6.07, 6.45) is 5.10. The third-order valence-corrected chi connectivity index (χ3v) is 11.8. The van der Waals surface area contributed by atoms with Gasteiger partial charge in [-0.3, -0.25) is 9.78 Å². The van der Waals surface area contributed by atoms with Crippen LogP contribution in [0.3, 0.4) is 0 Å². The van der Waals surface area contributed by atoms with Gasteiger partial charge in [0.25, 0.3) is 10.0 Å². The lowest BCUT2D eigenvalue weighted by Gasteiger charge is -2.26. The summed E-state index contributed by atoms with van der Waals surface area (Å²) in [4.78, 5) is 24.1. The predicted octanol–water partition coefficient (Wildman–Crippen LogP) is 5.82. The zero-order chi connectivity index (χ0) is 30.6. The lowest BCUT2D eigenvalue weighted by Crippen LogP contribution is -2.34. The Morgan fingerprint density at radius 2 is 1.74 bits per heavy atom. The van der Waals surface area contributed by atoms with Crippen molar-refractivity contribution >= 4 is 46.3 Å². The Bertz CT molecular complexity index is 1820. The number of sulfonamides is 1. The van der Waals surface area contributed by atoms with E-state index in [0.29, 0.717) is 12.2 Å². The molecule has 1 amide bonds. The van der Waals surface area contributed by atoms with Crippen LogP contribution in [0.15, 0.2) is 71.9 Å². The topological polar surface area (TPSA) is 102 Å². The van der Waals surface area contributed by atoms with E-state index in [4.69, 9.17) is 9.47 Å². The fraction of sp³-hybridized carbons (Fsp3) is 0.344. The molecule has 0 unspecified atom stereocenters. The van der Waals surface area contributed by atoms with Crippen LogP contribution < -0.4 is 13.9 Å². The first-order valence-electron chi connectivity index (χ1n) is 14.4. The van der Waals surface area contributed by atoms with Crippen molar-refractivity contribution in [2.24, 2.45) is 0 Å². The minimum atomic E-state index is -4.02. The summed E-state index contributed by atoms with van der Waals surface area (Å²) >= 11 is 0. The number of nitrogens with zero attached hydrogens (tertiary/aromatic N) is 4. The van der Waals surface area contributed by atoms with Gasteiger partial charge in [-0.2, -0.15) is 0 Å². The van der Waals surface area contributed by atoms with E-state index in [1.165, 1.54) is 11.4 Å². The van der Waals surface area contributed by atoms with Crippen LogP contribution >= 0.6 is 0 Å². The molecule has 1 spiro atoms. The Morgan fingerprint density at radius 1 is 1.00 bits per heavy atom. The molecule has 1 aliphatic carbocycles. The Morgan fingerprint density at radius 3 is 2.42 bits per heavy atom. The predicted molar refractivity (Wildman–Crippen MR) is 171 cm³/mol. The average Bonchev–Trinajstić information content (AvgIpc) is 3.77. The lowest BCUT2D eigenvalue weighted by molar-refractivity contribution is -0.119. The van der Waals surface area contributed by atoms with E-state index in [0.717, 1.165) is 46.6 Å². The molecule has 1 saturated carbocycles. The van der Waals surface area contributed by atoms with Crippen LogP contribution in [0.4, 0.5) is 11.4 Å². The van der Waals surface area contributed by atoms with Crippen molar-refractivity contribution in [2.75, 3.05) is 36.7 Å². The molecule has 3 heterocycles. The molecule has 0 saturated heterocycles. The summed E-state index contributed by atoms with van der Waals surface area (Å²) in [6.45, 7) is 7.01. The normalized spacial score (nSPS) is 15.7. The number of aromatic nitrogens is 2. The van der Waals surface area contributed by atoms with Crippen LogP contribution in [-0.4, -0.2) is 59.9 Å². The van der Waals surface area contributed by atoms with Gasteiger partial charge in [-0.15, -0.1) is 0 Å². The van der Waals surface area contributed by atoms with Gasteiger partial charge >= 0.3 is 0 Å². The van der Waals surface area contributed by atoms with E-state index in [1.54, 1.807) is 60.7 Å². The number of methoxy groups -OCH3 is 1. The van der Waals surface area contributed by atoms with Crippen molar-refractivity contribution < 1.29 is 22.7 Å². The zero-order valence-electron chi connectivity index (χ0n) is 25.1. The number of hydrogen-bond acceptors (Lipinski definition) is 7. The summed E-state index contributed by atoms with van der Waals surface area (Å²) in [5, 5.41) is 0.922. The zero-order valence-corrected chi connectivity index (χ0v) is 26.9. The van der Waals surface area contributed by atoms with Gasteiger partial charge in [-0.05, 0) is 54.8 Å². The number of pyridine rings is 2. The second-order valence-corrected chi connectivity index (χ2v) is 19.9. The number of carbonyl (C=O) groups excluding carboxylic acids is 1. The van der Waals surface area contributed by atoms with E-state index in [1.807, 2.05) is 18.2 Å². The molecule has 43 heavy (non-hydrogen) atoms. The number of ether oxygens (including phenoxy) is 2. The van der Waals surface area contributed by atoms with Gasteiger partial charge in [0.05, 0.1) is 34.8 Å². The molecule has 11 heteroatoms. The number of carbonyl (C=O) groups is 1. The van der Waals surface area contributed by atoms with Gasteiger partial charge in [0, 0.05) is 44.4 Å². The minimum absolute atomic E-state index is 0.117. The molecule has 2 aliphatic rings. The summed E-state index contributed by atoms with van der Waals surface area (Å²) in [6, 6.07) is 16.9. The molecular formula is C32H36N4O5SSi. The van der Waals surface area contributed by atoms with Gasteiger partial charge in [0.2, 0.25) is 11.8 Å². The number of anilines is 2. The van der Waals surface area contributed by atoms with Gasteiger partial charge in [0.1, 0.15) is 12.4 Å². The van der Waals surface area contributed by atoms with Gasteiger partial charge in [0.15, 0.2) is 0 Å². The highest BCUT2D eigenvalue weighted by Gasteiger charge is 2.59. The SMILES string of the molecule is COc1ncc(-c2ccc3ncc4c(c3c2)C2(CC2)C(=O)N4C)cc1N(COCC[Si](C)(C)C)S(=O)(=O)c1ccccc1. The summed E-state index contributed by atoms with van der Waals surface area (Å²) < 4.78 is 40.8. The molecule has 224 valence electrons. The molecule has 2 aromatic heterocycles. The van der Waals surface area contributed by atoms with Crippen molar-refractivity contribution in [1.82, 2.24) is 9.97 Å². The average molecular weight is 617 g/mol. The maximum atomic E-state index is 14.0. The molecular weight excluding hydrogens is 581 g/mol. The number of benzene rings is 2. The fourth-order valence-electron chi connectivity index (χ4n) is 5.69. The van der Waals surface area contributed by atoms with Crippen LogP contribution in [0.1, 0.15) is 18.4 Å². The van der Waals surface area contributed by atoms with Crippen LogP contribution in [0, 0.1) is 0 Å². The largest absolute Gasteiger partial charge is 0.479 e. The fourth-order valence-corrected chi connectivity index (χ4v) is 7.81. The first-order valence-corrected chi connectivity index (χ1v) is 19.5. The molecule has 0 N–H and O–H groups in total. The van der Waals surface area contributed by atoms with E-state index >= 15 is 0 Å². The van der Waals surface area contributed by atoms with Gasteiger partial charge < -0.3 is 14.4 Å². The highest BCUT2D eigenvalue weighted by molar-refractivity contribution is 7.92. The molecule has 0 radical (unpaired) electrons. The number of likely N-dealkylation sites (N-methyl/N-ethyl adjacent to an activating group) is 1. The van der Waals surface area contributed by atoms with E-state index < -0.39 is 23.5 Å². The maximum absolute atomic E-state index is 14.0. The molecule has 9 nitrogen and oxygen atoms in total. The Hall–Kier alpha value is -3.80. The smallest absolute Gasteiger partial charge is 0.266 e. The Balaban J connectivity index is 1.44. The second-order valence-electron chi connectivity index (χ2n) is 12.5. The molecule has 1 aliphatic heterocycles. The van der Waals surface area contributed by atoms with Crippen LogP contribution in [0.25, 0.3) is 22.0 Å². The molecule has 4 aromatic rings. The van der Waals surface area contributed by atoms with Crippen LogP contribution in [-0.2, 0) is 25.0 Å². The van der Waals surface area contributed by atoms with Gasteiger partial charge in [-0.1, -0.05) is 43.9 Å². The second kappa shape index (κ2) is 10.7. The summed E-state index contributed by atoms with van der Waals surface area (Å²) in [5.41, 5.74) is 4.02. The molecule has 2 aromatic carbocycles. The number of rotatable bonds is 10. The van der Waals surface area contributed by atoms with Crippen molar-refractivity contribution in [3.05, 3.63) is 72.6 Å². The van der Waals surface area contributed by atoms with E-state index in [2.05, 4.69) is 29.6 Å². The number of amides is 1. The Labute approximate surface area is 253 Å². The first kappa shape index (κ1) is 29.3. The summed E-state index contributed by atoms with van der Waals surface area (Å²) in [5.74, 6) is 0.288. The molecule has 0 bridgehead atoms. The Kier molecular flexibility index (Phi) is 7.30. The number of fused-ring (bicyclic) bond motifs is 4. The van der Waals surface area contributed by atoms with Crippen molar-refractivity contribution in [1.29, 1.82) is 0 Å². The van der Waals surface area contributed by atoms with Gasteiger partial charge in [-0.25, -0.2) is 17.7 Å². The van der Waals surface area contributed by atoms with Crippen molar-refractivity contribution in [3.8, 4) is 17.0 Å². The van der Waals surface area contributed by atoms with Crippen LogP contribution in [0.2, 0.25) is 25.7 Å². The van der Waals surface area contributed by atoms with Crippen LogP contribution in [0.5, 0.6) is 5.88 Å². The summed E-state index contributed by atoms with van der Waals surface area (Å²) in [7, 11) is -2.13. The molecule has 1 fully saturated rings. The van der Waals surface area contributed by atoms with Crippen molar-refractivity contribution in [2.45, 2.75) is 48.8 Å². The lowest BCUT2D eigenvalue weighted by atomic mass is 9.92. The quantitative estimate of drug-likeness (QED) is 0.126. The third-order valence-electron chi connectivity index (χ3n) is 8.32. The highest BCUT2D eigenvalue weighted by atomic mass is 32.2. The third kappa shape index (κ3) is 5.19. The number of hydrogen-bond donors (Lipinski definition) is 0. The first-order chi connectivity index (χ1) is 20.5. The monoisotopic (exact) mass is 616 g/mol. The standard InChI is InChI=1S/C32H36N4O5SSi/c1-35-28-20-33-26-12-11-22(17-25(26)29(28)32(13-14-32)31(35)37)23-18-27(30(40-2)34-19-23)36(21-41-15-16-43(3,4)5)42(38,39)24-9-7-6-8-10-24/h6-12,17-20H,13-16,21H2,1-5H3. The van der Waals surface area contributed by atoms with E-state index in [9.17, 15) is 13.2 Å².